The number of phenolic OH excluding ortho intramolecular Hbond substituents is 1. The number of ketones is 1. The molecule has 0 aliphatic heterocycles. The Morgan fingerprint density at radius 3 is 2.46 bits per heavy atom. The first kappa shape index (κ1) is 24.0. The van der Waals surface area contributed by atoms with Gasteiger partial charge in [0.1, 0.15) is 12.7 Å². The molecule has 2 unspecified atom stereocenters. The number of hydrogen-bond donors (Lipinski definition) is 1. The van der Waals surface area contributed by atoms with Gasteiger partial charge >= 0.3 is 5.97 Å². The van der Waals surface area contributed by atoms with Gasteiger partial charge in [0.15, 0.2) is 17.3 Å². The SMILES string of the molecule is CCCCCC(CC(CCc1ccc(O)c(OC)c1)OCC(C)=O)OC(C)=O. The fourth-order valence-electron chi connectivity index (χ4n) is 3.08. The summed E-state index contributed by atoms with van der Waals surface area (Å²) in [6.07, 6.45) is 5.48. The van der Waals surface area contributed by atoms with E-state index < -0.39 is 0 Å². The highest BCUT2D eigenvalue weighted by atomic mass is 16.5. The molecule has 0 aliphatic rings. The van der Waals surface area contributed by atoms with Gasteiger partial charge in [-0.05, 0) is 50.3 Å². The molecule has 0 heterocycles. The molecule has 1 aromatic rings. The highest BCUT2D eigenvalue weighted by molar-refractivity contribution is 5.76. The van der Waals surface area contributed by atoms with Gasteiger partial charge in [-0.3, -0.25) is 9.59 Å². The summed E-state index contributed by atoms with van der Waals surface area (Å²) in [4.78, 5) is 22.8. The van der Waals surface area contributed by atoms with Crippen LogP contribution in [0.2, 0.25) is 0 Å². The van der Waals surface area contributed by atoms with E-state index >= 15 is 0 Å². The van der Waals surface area contributed by atoms with Crippen molar-refractivity contribution in [2.75, 3.05) is 13.7 Å². The highest BCUT2D eigenvalue weighted by Crippen LogP contribution is 2.27. The number of rotatable bonds is 14. The van der Waals surface area contributed by atoms with E-state index in [-0.39, 0.29) is 36.3 Å². The number of hydrogen-bond acceptors (Lipinski definition) is 6. The summed E-state index contributed by atoms with van der Waals surface area (Å²) in [5.41, 5.74) is 1.00. The number of ether oxygens (including phenoxy) is 3. The van der Waals surface area contributed by atoms with E-state index in [4.69, 9.17) is 14.2 Å². The number of benzene rings is 1. The van der Waals surface area contributed by atoms with Crippen molar-refractivity contribution < 1.29 is 28.9 Å². The third-order valence-corrected chi connectivity index (χ3v) is 4.51. The molecule has 0 bridgehead atoms. The van der Waals surface area contributed by atoms with Gasteiger partial charge in [-0.15, -0.1) is 0 Å². The topological polar surface area (TPSA) is 82.1 Å². The smallest absolute Gasteiger partial charge is 0.302 e. The number of aryl methyl sites for hydroxylation is 1. The highest BCUT2D eigenvalue weighted by Gasteiger charge is 2.20. The van der Waals surface area contributed by atoms with Gasteiger partial charge in [0, 0.05) is 13.3 Å². The molecule has 2 atom stereocenters. The Bertz CT molecular complexity index is 613. The summed E-state index contributed by atoms with van der Waals surface area (Å²) >= 11 is 0. The molecule has 0 saturated heterocycles. The first-order valence-electron chi connectivity index (χ1n) is 9.99. The fourth-order valence-corrected chi connectivity index (χ4v) is 3.08. The summed E-state index contributed by atoms with van der Waals surface area (Å²) in [6, 6.07) is 5.23. The molecule has 0 saturated carbocycles. The number of carbonyl (C=O) groups excluding carboxylic acids is 2. The molecule has 6 heteroatoms. The molecule has 0 spiro atoms. The van der Waals surface area contributed by atoms with Gasteiger partial charge in [-0.2, -0.15) is 0 Å². The van der Waals surface area contributed by atoms with Crippen LogP contribution in [0.5, 0.6) is 11.5 Å². The van der Waals surface area contributed by atoms with Crippen molar-refractivity contribution in [3.8, 4) is 11.5 Å². The number of methoxy groups -OCH3 is 1. The van der Waals surface area contributed by atoms with Crippen LogP contribution in [0.3, 0.4) is 0 Å². The fraction of sp³-hybridized carbons (Fsp3) is 0.636. The Morgan fingerprint density at radius 2 is 1.86 bits per heavy atom. The standard InChI is InChI=1S/C22H34O6/c1-5-6-7-8-20(28-17(3)24)14-19(27-15-16(2)23)11-9-18-10-12-21(25)22(13-18)26-4/h10,12-13,19-20,25H,5-9,11,14-15H2,1-4H3. The Kier molecular flexibility index (Phi) is 11.3. The molecule has 0 radical (unpaired) electrons. The third-order valence-electron chi connectivity index (χ3n) is 4.51. The zero-order valence-electron chi connectivity index (χ0n) is 17.5. The van der Waals surface area contributed by atoms with Crippen molar-refractivity contribution in [1.82, 2.24) is 0 Å². The molecule has 158 valence electrons. The van der Waals surface area contributed by atoms with E-state index in [9.17, 15) is 14.7 Å². The Labute approximate surface area is 168 Å². The second-order valence-corrected chi connectivity index (χ2v) is 7.14. The quantitative estimate of drug-likeness (QED) is 0.376. The molecule has 0 aromatic heterocycles. The van der Waals surface area contributed by atoms with Crippen LogP contribution < -0.4 is 4.74 Å². The van der Waals surface area contributed by atoms with Gasteiger partial charge in [-0.25, -0.2) is 0 Å². The number of esters is 1. The normalized spacial score (nSPS) is 13.0. The molecule has 0 aliphatic carbocycles. The van der Waals surface area contributed by atoms with Crippen molar-refractivity contribution in [3.05, 3.63) is 23.8 Å². The predicted octanol–water partition coefficient (Wildman–Crippen LogP) is 4.21. The largest absolute Gasteiger partial charge is 0.504 e. The van der Waals surface area contributed by atoms with E-state index in [1.54, 1.807) is 12.1 Å². The van der Waals surface area contributed by atoms with Crippen molar-refractivity contribution in [3.63, 3.8) is 0 Å². The van der Waals surface area contributed by atoms with Gasteiger partial charge < -0.3 is 19.3 Å². The van der Waals surface area contributed by atoms with Crippen molar-refractivity contribution in [2.24, 2.45) is 0 Å². The molecule has 6 nitrogen and oxygen atoms in total. The van der Waals surface area contributed by atoms with Gasteiger partial charge in [0.2, 0.25) is 0 Å². The molecule has 28 heavy (non-hydrogen) atoms. The monoisotopic (exact) mass is 394 g/mol. The molecule has 0 amide bonds. The van der Waals surface area contributed by atoms with Gasteiger partial charge in [-0.1, -0.05) is 25.8 Å². The summed E-state index contributed by atoms with van der Waals surface area (Å²) in [6.45, 7) is 5.09. The molecule has 1 aromatic carbocycles. The minimum absolute atomic E-state index is 0.0358. The first-order chi connectivity index (χ1) is 13.3. The number of Topliss-reactive ketones (excluding diaryl/α,β-unsaturated/α-hetero) is 1. The number of carbonyl (C=O) groups is 2. The maximum Gasteiger partial charge on any atom is 0.302 e. The van der Waals surface area contributed by atoms with Crippen LogP contribution in [-0.4, -0.2) is 42.8 Å². The molecule has 1 N–H and O–H groups in total. The summed E-state index contributed by atoms with van der Waals surface area (Å²) in [5, 5.41) is 9.73. The second-order valence-electron chi connectivity index (χ2n) is 7.14. The molecule has 1 rings (SSSR count). The molecule has 0 fully saturated rings. The lowest BCUT2D eigenvalue weighted by Gasteiger charge is -2.24. The van der Waals surface area contributed by atoms with Crippen LogP contribution in [0.15, 0.2) is 18.2 Å². The average molecular weight is 395 g/mol. The lowest BCUT2D eigenvalue weighted by molar-refractivity contribution is -0.149. The van der Waals surface area contributed by atoms with E-state index in [1.165, 1.54) is 21.0 Å². The third kappa shape index (κ3) is 9.74. The summed E-state index contributed by atoms with van der Waals surface area (Å²) < 4.78 is 16.4. The van der Waals surface area contributed by atoms with Gasteiger partial charge in [0.25, 0.3) is 0 Å². The zero-order valence-corrected chi connectivity index (χ0v) is 17.5. The average Bonchev–Trinajstić information content (AvgIpc) is 2.64. The minimum Gasteiger partial charge on any atom is -0.504 e. The molecular weight excluding hydrogens is 360 g/mol. The summed E-state index contributed by atoms with van der Waals surface area (Å²) in [5.74, 6) is 0.193. The van der Waals surface area contributed by atoms with Crippen LogP contribution in [0.4, 0.5) is 0 Å². The first-order valence-corrected chi connectivity index (χ1v) is 9.99. The Balaban J connectivity index is 2.75. The van der Waals surface area contributed by atoms with E-state index in [0.717, 1.165) is 31.2 Å². The van der Waals surface area contributed by atoms with Crippen molar-refractivity contribution >= 4 is 11.8 Å². The summed E-state index contributed by atoms with van der Waals surface area (Å²) in [7, 11) is 1.51. The number of unbranched alkanes of at least 4 members (excludes halogenated alkanes) is 2. The lowest BCUT2D eigenvalue weighted by Crippen LogP contribution is -2.27. The second kappa shape index (κ2) is 13.2. The number of phenols is 1. The van der Waals surface area contributed by atoms with E-state index in [2.05, 4.69) is 6.92 Å². The Morgan fingerprint density at radius 1 is 1.11 bits per heavy atom. The maximum atomic E-state index is 11.5. The van der Waals surface area contributed by atoms with Crippen molar-refractivity contribution in [1.29, 1.82) is 0 Å². The van der Waals surface area contributed by atoms with Crippen LogP contribution in [0.25, 0.3) is 0 Å². The minimum atomic E-state index is -0.296. The number of aromatic hydroxyl groups is 1. The predicted molar refractivity (Wildman–Crippen MR) is 108 cm³/mol. The maximum absolute atomic E-state index is 11.5. The van der Waals surface area contributed by atoms with Crippen LogP contribution in [0.1, 0.15) is 64.9 Å². The van der Waals surface area contributed by atoms with E-state index in [0.29, 0.717) is 25.0 Å². The lowest BCUT2D eigenvalue weighted by atomic mass is 9.99. The van der Waals surface area contributed by atoms with Crippen LogP contribution >= 0.6 is 0 Å². The van der Waals surface area contributed by atoms with Crippen LogP contribution in [0, 0.1) is 0 Å². The molecular formula is C22H34O6. The van der Waals surface area contributed by atoms with Crippen molar-refractivity contribution in [2.45, 2.75) is 77.9 Å². The van der Waals surface area contributed by atoms with Gasteiger partial charge in [0.05, 0.1) is 13.2 Å². The Hall–Kier alpha value is -2.08. The van der Waals surface area contributed by atoms with E-state index in [1.807, 2.05) is 6.07 Å². The van der Waals surface area contributed by atoms with Crippen LogP contribution in [-0.2, 0) is 25.5 Å². The zero-order chi connectivity index (χ0) is 20.9.